The monoisotopic (exact) mass is 802 g/mol. The molecule has 0 heterocycles. The highest BCUT2D eigenvalue weighted by Crippen LogP contribution is 2.74. The maximum Gasteiger partial charge on any atom is 0.460 e. The van der Waals surface area contributed by atoms with Gasteiger partial charge in [0.25, 0.3) is 0 Å². The molecule has 51 heavy (non-hydrogen) atoms. The Morgan fingerprint density at radius 3 is 0.725 bits per heavy atom. The Balaban J connectivity index is 2.63. The zero-order valence-corrected chi connectivity index (χ0v) is 22.9. The van der Waals surface area contributed by atoms with E-state index in [9.17, 15) is 79.0 Å². The lowest BCUT2D eigenvalue weighted by Crippen LogP contribution is -2.79. The molecule has 2 aromatic carbocycles. The first-order valence-electron chi connectivity index (χ1n) is 12.3. The second-order valence-electron chi connectivity index (χ2n) is 10.6. The number of rotatable bonds is 10. The number of halogens is 26. The molecular weight excluding hydrogens is 794 g/mol. The van der Waals surface area contributed by atoms with Gasteiger partial charge in [-0.15, -0.1) is 0 Å². The predicted molar refractivity (Wildman–Crippen MR) is 114 cm³/mol. The number of fused-ring (bicyclic) bond motifs is 3. The van der Waals surface area contributed by atoms with Gasteiger partial charge in [0.05, 0.1) is 0 Å². The molecule has 0 radical (unpaired) electrons. The van der Waals surface area contributed by atoms with E-state index in [1.54, 1.807) is 0 Å². The van der Waals surface area contributed by atoms with Gasteiger partial charge in [-0.2, -0.15) is 114 Å². The molecule has 0 fully saturated rings. The third-order valence-electron chi connectivity index (χ3n) is 7.76. The minimum atomic E-state index is -9.14. The molecular formula is C25H8F26. The van der Waals surface area contributed by atoms with Crippen LogP contribution in [0.2, 0.25) is 0 Å². The molecule has 0 spiro atoms. The lowest BCUT2D eigenvalue weighted by molar-refractivity contribution is -0.463. The van der Waals surface area contributed by atoms with Crippen LogP contribution in [0.3, 0.4) is 0 Å². The second kappa shape index (κ2) is 10.8. The highest BCUT2D eigenvalue weighted by Gasteiger charge is 2.99. The SMILES string of the molecule is FC(F)(F)C(F)(F)C(F)(F)C(F)(F)C(F)(F)C(F)(F)C1(C(F)(F)C(F)(F)C(F)(F)C(F)(F)C(F)(F)C(F)(F)F)c2ccccc2-c2ccccc21. The van der Waals surface area contributed by atoms with E-state index in [1.807, 2.05) is 0 Å². The van der Waals surface area contributed by atoms with Gasteiger partial charge in [0.15, 0.2) is 5.41 Å². The highest BCUT2D eigenvalue weighted by molar-refractivity contribution is 5.83. The average Bonchev–Trinajstić information content (AvgIpc) is 3.27. The minimum absolute atomic E-state index is 0.0446. The molecule has 0 amide bonds. The highest BCUT2D eigenvalue weighted by atomic mass is 19.4. The lowest BCUT2D eigenvalue weighted by Gasteiger charge is -2.51. The van der Waals surface area contributed by atoms with Gasteiger partial charge in [-0.05, 0) is 22.3 Å². The summed E-state index contributed by atoms with van der Waals surface area (Å²) in [6.07, 6.45) is -16.2. The van der Waals surface area contributed by atoms with E-state index < -0.39 is 111 Å². The molecule has 2 aromatic rings. The summed E-state index contributed by atoms with van der Waals surface area (Å²) >= 11 is 0. The fourth-order valence-corrected chi connectivity index (χ4v) is 5.12. The lowest BCUT2D eigenvalue weighted by atomic mass is 9.62. The van der Waals surface area contributed by atoms with Crippen LogP contribution in [0.5, 0.6) is 0 Å². The molecule has 3 rings (SSSR count). The zero-order valence-electron chi connectivity index (χ0n) is 22.9. The third kappa shape index (κ3) is 4.56. The second-order valence-corrected chi connectivity index (χ2v) is 10.6. The van der Waals surface area contributed by atoms with Crippen LogP contribution in [0.4, 0.5) is 114 Å². The summed E-state index contributed by atoms with van der Waals surface area (Å²) in [4.78, 5) is 0. The van der Waals surface area contributed by atoms with Crippen molar-refractivity contribution in [3.63, 3.8) is 0 Å². The van der Waals surface area contributed by atoms with Crippen molar-refractivity contribution in [2.75, 3.05) is 0 Å². The quantitative estimate of drug-likeness (QED) is 0.210. The van der Waals surface area contributed by atoms with Gasteiger partial charge >= 0.3 is 71.6 Å². The van der Waals surface area contributed by atoms with E-state index in [-0.39, 0.29) is 24.3 Å². The molecule has 0 atom stereocenters. The van der Waals surface area contributed by atoms with Crippen LogP contribution in [-0.2, 0) is 5.41 Å². The first kappa shape index (κ1) is 42.0. The van der Waals surface area contributed by atoms with Gasteiger partial charge in [-0.1, -0.05) is 48.5 Å². The molecule has 1 aliphatic rings. The van der Waals surface area contributed by atoms with Gasteiger partial charge in [-0.3, -0.25) is 0 Å². The van der Waals surface area contributed by atoms with Crippen LogP contribution in [0.15, 0.2) is 48.5 Å². The van der Waals surface area contributed by atoms with E-state index in [4.69, 9.17) is 0 Å². The Hall–Kier alpha value is -3.38. The van der Waals surface area contributed by atoms with Gasteiger partial charge in [0.1, 0.15) is 0 Å². The topological polar surface area (TPSA) is 0 Å². The summed E-state index contributed by atoms with van der Waals surface area (Å²) in [5.74, 6) is -88.9. The average molecular weight is 802 g/mol. The summed E-state index contributed by atoms with van der Waals surface area (Å²) in [5.41, 5.74) is -16.5. The first-order chi connectivity index (χ1) is 22.2. The van der Waals surface area contributed by atoms with Crippen LogP contribution >= 0.6 is 0 Å². The fourth-order valence-electron chi connectivity index (χ4n) is 5.12. The van der Waals surface area contributed by atoms with E-state index in [2.05, 4.69) is 0 Å². The smallest absolute Gasteiger partial charge is 0.198 e. The Morgan fingerprint density at radius 1 is 0.275 bits per heavy atom. The predicted octanol–water partition coefficient (Wildman–Crippen LogP) is 11.4. The molecule has 0 aromatic heterocycles. The van der Waals surface area contributed by atoms with Crippen LogP contribution < -0.4 is 0 Å². The van der Waals surface area contributed by atoms with E-state index in [0.29, 0.717) is 12.1 Å². The van der Waals surface area contributed by atoms with Gasteiger partial charge in [-0.25, -0.2) is 0 Å². The summed E-state index contributed by atoms with van der Waals surface area (Å²) < 4.78 is 369. The van der Waals surface area contributed by atoms with Crippen molar-refractivity contribution in [3.8, 4) is 11.1 Å². The van der Waals surface area contributed by atoms with Crippen molar-refractivity contribution in [1.82, 2.24) is 0 Å². The van der Waals surface area contributed by atoms with Crippen molar-refractivity contribution >= 4 is 0 Å². The maximum atomic E-state index is 16.1. The Bertz CT molecular complexity index is 1520. The molecule has 1 aliphatic carbocycles. The normalized spacial score (nSPS) is 17.4. The molecule has 0 aliphatic heterocycles. The van der Waals surface area contributed by atoms with Crippen molar-refractivity contribution in [3.05, 3.63) is 59.7 Å². The van der Waals surface area contributed by atoms with Crippen LogP contribution in [-0.4, -0.2) is 71.6 Å². The van der Waals surface area contributed by atoms with Crippen LogP contribution in [0, 0.1) is 0 Å². The Labute approximate surface area is 263 Å². The summed E-state index contributed by atoms with van der Waals surface area (Å²) in [7, 11) is 0. The first-order valence-corrected chi connectivity index (χ1v) is 12.3. The number of benzene rings is 2. The van der Waals surface area contributed by atoms with Crippen molar-refractivity contribution in [2.45, 2.75) is 77.0 Å². The summed E-state index contributed by atoms with van der Waals surface area (Å²) in [5, 5.41) is 0. The Morgan fingerprint density at radius 2 is 0.490 bits per heavy atom. The number of hydrogen-bond acceptors (Lipinski definition) is 0. The fraction of sp³-hybridized carbons (Fsp3) is 0.520. The van der Waals surface area contributed by atoms with E-state index in [1.165, 1.54) is 0 Å². The third-order valence-corrected chi connectivity index (χ3v) is 7.76. The summed E-state index contributed by atoms with van der Waals surface area (Å²) in [6, 6.07) is -0.431. The van der Waals surface area contributed by atoms with Crippen molar-refractivity contribution in [2.24, 2.45) is 0 Å². The largest absolute Gasteiger partial charge is 0.460 e. The molecule has 0 unspecified atom stereocenters. The standard InChI is InChI=1S/C25H8F26/c26-14(27,16(30,31)18(34,35)20(38,39)22(42,43)24(46,47)48)13(11-7-3-1-5-9(11)10-6-2-4-8-12(10)13)15(28,29)17(32,33)19(36,37)21(40,41)23(44,45)25(49,50)51/h1-8H. The molecule has 0 N–H and O–H groups in total. The van der Waals surface area contributed by atoms with Crippen molar-refractivity contribution in [1.29, 1.82) is 0 Å². The van der Waals surface area contributed by atoms with Gasteiger partial charge < -0.3 is 0 Å². The van der Waals surface area contributed by atoms with Gasteiger partial charge in [0, 0.05) is 0 Å². The number of alkyl halides is 26. The molecule has 290 valence electrons. The molecule has 0 nitrogen and oxygen atoms in total. The summed E-state index contributed by atoms with van der Waals surface area (Å²) in [6.45, 7) is 0. The van der Waals surface area contributed by atoms with E-state index in [0.717, 1.165) is 0 Å². The maximum absolute atomic E-state index is 16.1. The van der Waals surface area contributed by atoms with Crippen LogP contribution in [0.25, 0.3) is 11.1 Å². The minimum Gasteiger partial charge on any atom is -0.198 e. The number of hydrogen-bond donors (Lipinski definition) is 0. The molecule has 0 saturated carbocycles. The van der Waals surface area contributed by atoms with E-state index >= 15 is 35.1 Å². The van der Waals surface area contributed by atoms with Crippen LogP contribution in [0.1, 0.15) is 11.1 Å². The molecule has 0 saturated heterocycles. The van der Waals surface area contributed by atoms with Gasteiger partial charge in [0.2, 0.25) is 0 Å². The molecule has 26 heteroatoms. The molecule has 0 bridgehead atoms. The van der Waals surface area contributed by atoms with Crippen molar-refractivity contribution < 1.29 is 114 Å². The zero-order chi connectivity index (χ0) is 40.5. The Kier molecular flexibility index (Phi) is 8.93.